The van der Waals surface area contributed by atoms with E-state index in [0.29, 0.717) is 5.02 Å². The molecular formula is C15H20ClNO3S. The third-order valence-corrected chi connectivity index (χ3v) is 5.79. The van der Waals surface area contributed by atoms with Crippen molar-refractivity contribution in [1.82, 2.24) is 4.90 Å². The molecule has 1 aliphatic rings. The van der Waals surface area contributed by atoms with Crippen LogP contribution in [-0.4, -0.2) is 36.8 Å². The molecule has 0 heterocycles. The molecule has 0 radical (unpaired) electrons. The summed E-state index contributed by atoms with van der Waals surface area (Å²) < 4.78 is 23.3. The maximum atomic E-state index is 12.6. The summed E-state index contributed by atoms with van der Waals surface area (Å²) in [7, 11) is -3.40. The lowest BCUT2D eigenvalue weighted by Crippen LogP contribution is -2.43. The Hall–Kier alpha value is -1.07. The Kier molecular flexibility index (Phi) is 4.63. The molecule has 2 unspecified atom stereocenters. The average Bonchev–Trinajstić information content (AvgIpc) is 3.21. The number of carbonyl (C=O) groups excluding carboxylic acids is 1. The van der Waals surface area contributed by atoms with Crippen molar-refractivity contribution >= 4 is 27.3 Å². The number of benzene rings is 1. The van der Waals surface area contributed by atoms with Crippen LogP contribution in [0, 0.1) is 0 Å². The molecule has 1 amide bonds. The van der Waals surface area contributed by atoms with Crippen molar-refractivity contribution in [3.05, 3.63) is 34.9 Å². The Morgan fingerprint density at radius 3 is 2.33 bits per heavy atom. The second-order valence-electron chi connectivity index (χ2n) is 5.65. The summed E-state index contributed by atoms with van der Waals surface area (Å²) in [5, 5.41) is -0.432. The largest absolute Gasteiger partial charge is 0.332 e. The molecule has 0 spiro atoms. The van der Waals surface area contributed by atoms with E-state index >= 15 is 0 Å². The van der Waals surface area contributed by atoms with Gasteiger partial charge < -0.3 is 4.90 Å². The number of hydrogen-bond acceptors (Lipinski definition) is 3. The predicted octanol–water partition coefficient (Wildman–Crippen LogP) is 2.83. The first kappa shape index (κ1) is 16.3. The number of nitrogens with zero attached hydrogens (tertiary/aromatic N) is 1. The lowest BCUT2D eigenvalue weighted by Gasteiger charge is -2.32. The Labute approximate surface area is 131 Å². The van der Waals surface area contributed by atoms with Crippen LogP contribution in [0.5, 0.6) is 0 Å². The van der Waals surface area contributed by atoms with E-state index in [1.165, 1.54) is 6.92 Å². The highest BCUT2D eigenvalue weighted by molar-refractivity contribution is 7.92. The van der Waals surface area contributed by atoms with Crippen molar-refractivity contribution in [2.45, 2.75) is 44.0 Å². The molecule has 1 saturated carbocycles. The first-order chi connectivity index (χ1) is 9.73. The highest BCUT2D eigenvalue weighted by atomic mass is 35.5. The molecule has 0 saturated heterocycles. The molecule has 4 nitrogen and oxygen atoms in total. The zero-order valence-electron chi connectivity index (χ0n) is 12.4. The van der Waals surface area contributed by atoms with Crippen LogP contribution in [0.4, 0.5) is 0 Å². The van der Waals surface area contributed by atoms with Gasteiger partial charge in [0, 0.05) is 17.3 Å². The fourth-order valence-corrected chi connectivity index (χ4v) is 3.18. The van der Waals surface area contributed by atoms with Gasteiger partial charge in [-0.05, 0) is 38.3 Å². The molecule has 0 aromatic heterocycles. The number of carbonyl (C=O) groups is 1. The van der Waals surface area contributed by atoms with E-state index in [-0.39, 0.29) is 18.0 Å². The van der Waals surface area contributed by atoms with Gasteiger partial charge in [0.1, 0.15) is 5.25 Å². The molecule has 0 aliphatic heterocycles. The van der Waals surface area contributed by atoms with Crippen LogP contribution >= 0.6 is 11.6 Å². The monoisotopic (exact) mass is 329 g/mol. The van der Waals surface area contributed by atoms with Crippen molar-refractivity contribution < 1.29 is 13.2 Å². The lowest BCUT2D eigenvalue weighted by atomic mass is 10.1. The van der Waals surface area contributed by atoms with E-state index in [1.54, 1.807) is 11.0 Å². The summed E-state index contributed by atoms with van der Waals surface area (Å²) in [6.45, 7) is 3.35. The minimum absolute atomic E-state index is 0.118. The van der Waals surface area contributed by atoms with Crippen molar-refractivity contribution in [3.8, 4) is 0 Å². The minimum atomic E-state index is -3.40. The lowest BCUT2D eigenvalue weighted by molar-refractivity contribution is -0.133. The standard InChI is InChI=1S/C15H20ClNO3S/c1-10(13-6-4-5-7-14(13)16)17(12-8-9-12)15(18)11(2)21(3,19)20/h4-7,10-12H,8-9H2,1-3H3. The Morgan fingerprint density at radius 1 is 1.29 bits per heavy atom. The maximum absolute atomic E-state index is 12.6. The van der Waals surface area contributed by atoms with Gasteiger partial charge in [-0.3, -0.25) is 4.79 Å². The molecular weight excluding hydrogens is 310 g/mol. The summed E-state index contributed by atoms with van der Waals surface area (Å²) >= 11 is 6.21. The smallest absolute Gasteiger partial charge is 0.241 e. The van der Waals surface area contributed by atoms with Crippen LogP contribution in [-0.2, 0) is 14.6 Å². The van der Waals surface area contributed by atoms with Crippen LogP contribution in [0.2, 0.25) is 5.02 Å². The second-order valence-corrected chi connectivity index (χ2v) is 8.42. The molecule has 6 heteroatoms. The van der Waals surface area contributed by atoms with Crippen molar-refractivity contribution in [1.29, 1.82) is 0 Å². The minimum Gasteiger partial charge on any atom is -0.332 e. The van der Waals surface area contributed by atoms with Crippen LogP contribution in [0.1, 0.15) is 38.3 Å². The highest BCUT2D eigenvalue weighted by Crippen LogP contribution is 2.37. The first-order valence-corrected chi connectivity index (χ1v) is 9.32. The summed E-state index contributed by atoms with van der Waals surface area (Å²) in [5.74, 6) is -0.340. The number of halogens is 1. The molecule has 0 bridgehead atoms. The van der Waals surface area contributed by atoms with Gasteiger partial charge in [-0.15, -0.1) is 0 Å². The summed E-state index contributed by atoms with van der Waals surface area (Å²) in [5.41, 5.74) is 0.847. The third-order valence-electron chi connectivity index (χ3n) is 3.96. The molecule has 1 aromatic rings. The summed E-state index contributed by atoms with van der Waals surface area (Å²) in [6, 6.07) is 7.24. The Balaban J connectivity index is 2.32. The number of sulfone groups is 1. The van der Waals surface area contributed by atoms with Gasteiger partial charge >= 0.3 is 0 Å². The number of amides is 1. The maximum Gasteiger partial charge on any atom is 0.241 e. The van der Waals surface area contributed by atoms with Gasteiger partial charge in [0.25, 0.3) is 0 Å². The zero-order chi connectivity index (χ0) is 15.8. The molecule has 2 rings (SSSR count). The van der Waals surface area contributed by atoms with E-state index < -0.39 is 15.1 Å². The number of rotatable bonds is 5. The fraction of sp³-hybridized carbons (Fsp3) is 0.533. The third kappa shape index (κ3) is 3.58. The van der Waals surface area contributed by atoms with Gasteiger partial charge in [0.05, 0.1) is 6.04 Å². The van der Waals surface area contributed by atoms with E-state index in [1.807, 2.05) is 25.1 Å². The van der Waals surface area contributed by atoms with Gasteiger partial charge in [-0.1, -0.05) is 29.8 Å². The van der Waals surface area contributed by atoms with Crippen LogP contribution < -0.4 is 0 Å². The fourth-order valence-electron chi connectivity index (χ4n) is 2.40. The first-order valence-electron chi connectivity index (χ1n) is 6.99. The van der Waals surface area contributed by atoms with Crippen molar-refractivity contribution in [3.63, 3.8) is 0 Å². The summed E-state index contributed by atoms with van der Waals surface area (Å²) in [6.07, 6.45) is 2.93. The van der Waals surface area contributed by atoms with Gasteiger partial charge in [0.2, 0.25) is 5.91 Å². The number of hydrogen-bond donors (Lipinski definition) is 0. The van der Waals surface area contributed by atoms with Crippen molar-refractivity contribution in [2.75, 3.05) is 6.26 Å². The Bertz CT molecular complexity index is 640. The summed E-state index contributed by atoms with van der Waals surface area (Å²) in [4.78, 5) is 14.3. The Morgan fingerprint density at radius 2 is 1.86 bits per heavy atom. The van der Waals surface area contributed by atoms with Gasteiger partial charge in [-0.2, -0.15) is 0 Å². The molecule has 0 N–H and O–H groups in total. The molecule has 2 atom stereocenters. The second kappa shape index (κ2) is 5.97. The SMILES string of the molecule is CC(c1ccccc1Cl)N(C(=O)C(C)S(C)(=O)=O)C1CC1. The topological polar surface area (TPSA) is 54.5 Å². The quantitative estimate of drug-likeness (QED) is 0.834. The average molecular weight is 330 g/mol. The van der Waals surface area contributed by atoms with Crippen LogP contribution in [0.3, 0.4) is 0 Å². The zero-order valence-corrected chi connectivity index (χ0v) is 14.0. The molecule has 116 valence electrons. The molecule has 21 heavy (non-hydrogen) atoms. The van der Waals surface area contributed by atoms with Crippen LogP contribution in [0.15, 0.2) is 24.3 Å². The van der Waals surface area contributed by atoms with Gasteiger partial charge in [0.15, 0.2) is 9.84 Å². The predicted molar refractivity (Wildman–Crippen MR) is 84.0 cm³/mol. The van der Waals surface area contributed by atoms with Crippen LogP contribution in [0.25, 0.3) is 0 Å². The normalized spacial score (nSPS) is 18.1. The molecule has 1 aromatic carbocycles. The van der Waals surface area contributed by atoms with E-state index in [9.17, 15) is 13.2 Å². The molecule has 1 fully saturated rings. The van der Waals surface area contributed by atoms with E-state index in [2.05, 4.69) is 0 Å². The molecule has 1 aliphatic carbocycles. The highest BCUT2D eigenvalue weighted by Gasteiger charge is 2.40. The van der Waals surface area contributed by atoms with E-state index in [0.717, 1.165) is 24.7 Å². The van der Waals surface area contributed by atoms with E-state index in [4.69, 9.17) is 11.6 Å². The van der Waals surface area contributed by atoms with Crippen molar-refractivity contribution in [2.24, 2.45) is 0 Å². The van der Waals surface area contributed by atoms with Gasteiger partial charge in [-0.25, -0.2) is 8.42 Å².